The first-order chi connectivity index (χ1) is 8.00. The third-order valence-corrected chi connectivity index (χ3v) is 2.51. The van der Waals surface area contributed by atoms with Gasteiger partial charge in [0.1, 0.15) is 6.04 Å². The smallest absolute Gasteiger partial charge is 0.320 e. The molecule has 0 saturated carbocycles. The minimum absolute atomic E-state index is 0.413. The quantitative estimate of drug-likeness (QED) is 0.669. The zero-order valence-electron chi connectivity index (χ0n) is 9.43. The molecule has 0 aliphatic heterocycles. The maximum absolute atomic E-state index is 10.9. The van der Waals surface area contributed by atoms with E-state index in [1.165, 1.54) is 0 Å². The summed E-state index contributed by atoms with van der Waals surface area (Å²) in [6, 6.07) is 6.17. The summed E-state index contributed by atoms with van der Waals surface area (Å²) in [7, 11) is 0. The zero-order valence-corrected chi connectivity index (χ0v) is 9.43. The lowest BCUT2D eigenvalue weighted by Crippen LogP contribution is -2.29. The Morgan fingerprint density at radius 2 is 2.06 bits per heavy atom. The fourth-order valence-corrected chi connectivity index (χ4v) is 1.53. The Morgan fingerprint density at radius 3 is 2.65 bits per heavy atom. The van der Waals surface area contributed by atoms with Crippen molar-refractivity contribution < 1.29 is 14.7 Å². The molecule has 17 heavy (non-hydrogen) atoms. The number of carbonyl (C=O) groups is 2. The van der Waals surface area contributed by atoms with Gasteiger partial charge >= 0.3 is 5.97 Å². The number of aryl methyl sites for hydroxylation is 1. The van der Waals surface area contributed by atoms with E-state index < -0.39 is 17.9 Å². The molecule has 5 heteroatoms. The third-order valence-electron chi connectivity index (χ3n) is 2.51. The van der Waals surface area contributed by atoms with Crippen LogP contribution in [0.1, 0.15) is 28.8 Å². The molecule has 0 aromatic heterocycles. The SMILES string of the molecule is NC(=O)c1cccc(CCCC(N)C(=O)O)c1. The average molecular weight is 236 g/mol. The zero-order chi connectivity index (χ0) is 12.8. The number of nitrogens with two attached hydrogens (primary N) is 2. The van der Waals surface area contributed by atoms with E-state index in [2.05, 4.69) is 0 Å². The van der Waals surface area contributed by atoms with Gasteiger partial charge in [0.15, 0.2) is 0 Å². The van der Waals surface area contributed by atoms with Gasteiger partial charge in [0.05, 0.1) is 0 Å². The van der Waals surface area contributed by atoms with Crippen molar-refractivity contribution in [2.45, 2.75) is 25.3 Å². The molecule has 5 N–H and O–H groups in total. The molecule has 0 radical (unpaired) electrons. The van der Waals surface area contributed by atoms with Crippen LogP contribution in [0.5, 0.6) is 0 Å². The molecule has 0 fully saturated rings. The summed E-state index contributed by atoms with van der Waals surface area (Å²) in [6.45, 7) is 0. The molecule has 0 aliphatic rings. The second-order valence-corrected chi connectivity index (χ2v) is 3.90. The molecule has 1 unspecified atom stereocenters. The Kier molecular flexibility index (Phi) is 4.66. The average Bonchev–Trinajstić information content (AvgIpc) is 2.29. The van der Waals surface area contributed by atoms with Crippen LogP contribution >= 0.6 is 0 Å². The first kappa shape index (κ1) is 13.2. The summed E-state index contributed by atoms with van der Waals surface area (Å²) >= 11 is 0. The molecule has 5 nitrogen and oxygen atoms in total. The normalized spacial score (nSPS) is 12.1. The van der Waals surface area contributed by atoms with Crippen molar-refractivity contribution in [2.75, 3.05) is 0 Å². The highest BCUT2D eigenvalue weighted by Gasteiger charge is 2.10. The van der Waals surface area contributed by atoms with Crippen LogP contribution in [-0.2, 0) is 11.2 Å². The van der Waals surface area contributed by atoms with Gasteiger partial charge in [-0.25, -0.2) is 0 Å². The van der Waals surface area contributed by atoms with E-state index in [0.717, 1.165) is 5.56 Å². The summed E-state index contributed by atoms with van der Waals surface area (Å²) < 4.78 is 0. The lowest BCUT2D eigenvalue weighted by atomic mass is 10.0. The number of amides is 1. The van der Waals surface area contributed by atoms with Crippen LogP contribution in [0.3, 0.4) is 0 Å². The van der Waals surface area contributed by atoms with Crippen LogP contribution < -0.4 is 11.5 Å². The van der Waals surface area contributed by atoms with E-state index in [0.29, 0.717) is 24.8 Å². The Balaban J connectivity index is 2.49. The van der Waals surface area contributed by atoms with Gasteiger partial charge in [-0.1, -0.05) is 12.1 Å². The van der Waals surface area contributed by atoms with E-state index in [-0.39, 0.29) is 0 Å². The molecule has 1 aromatic rings. The van der Waals surface area contributed by atoms with Crippen molar-refractivity contribution >= 4 is 11.9 Å². The standard InChI is InChI=1S/C12H16N2O3/c13-10(12(16)17)6-2-4-8-3-1-5-9(7-8)11(14)15/h1,3,5,7,10H,2,4,6,13H2,(H2,14,15)(H,16,17). The highest BCUT2D eigenvalue weighted by atomic mass is 16.4. The predicted octanol–water partition coefficient (Wildman–Crippen LogP) is 0.520. The number of rotatable bonds is 6. The monoisotopic (exact) mass is 236 g/mol. The van der Waals surface area contributed by atoms with Crippen LogP contribution in [0.2, 0.25) is 0 Å². The van der Waals surface area contributed by atoms with Crippen LogP contribution in [0.25, 0.3) is 0 Å². The van der Waals surface area contributed by atoms with Gasteiger partial charge in [0.25, 0.3) is 0 Å². The van der Waals surface area contributed by atoms with E-state index in [4.69, 9.17) is 16.6 Å². The van der Waals surface area contributed by atoms with Crippen LogP contribution in [0, 0.1) is 0 Å². The number of carboxylic acids is 1. The summed E-state index contributed by atoms with van der Waals surface area (Å²) in [6.07, 6.45) is 1.76. The summed E-state index contributed by atoms with van der Waals surface area (Å²) in [4.78, 5) is 21.4. The Morgan fingerprint density at radius 1 is 1.35 bits per heavy atom. The van der Waals surface area contributed by atoms with Crippen molar-refractivity contribution in [1.29, 1.82) is 0 Å². The maximum Gasteiger partial charge on any atom is 0.320 e. The minimum atomic E-state index is -0.990. The number of primary amides is 1. The first-order valence-electron chi connectivity index (χ1n) is 5.38. The largest absolute Gasteiger partial charge is 0.480 e. The van der Waals surface area contributed by atoms with Crippen LogP contribution in [0.4, 0.5) is 0 Å². The highest BCUT2D eigenvalue weighted by molar-refractivity contribution is 5.92. The molecule has 1 amide bonds. The third kappa shape index (κ3) is 4.24. The molecule has 0 aliphatic carbocycles. The molecule has 0 saturated heterocycles. The molecular weight excluding hydrogens is 220 g/mol. The number of carboxylic acid groups (broad SMARTS) is 1. The Labute approximate surface area is 99.4 Å². The molecule has 1 atom stereocenters. The van der Waals surface area contributed by atoms with E-state index in [9.17, 15) is 9.59 Å². The lowest BCUT2D eigenvalue weighted by molar-refractivity contribution is -0.138. The van der Waals surface area contributed by atoms with Crippen LogP contribution in [0.15, 0.2) is 24.3 Å². The van der Waals surface area contributed by atoms with Gasteiger partial charge in [-0.05, 0) is 37.0 Å². The molecule has 0 heterocycles. The van der Waals surface area contributed by atoms with Crippen molar-refractivity contribution in [3.8, 4) is 0 Å². The molecule has 1 rings (SSSR count). The van der Waals surface area contributed by atoms with Gasteiger partial charge < -0.3 is 16.6 Å². The molecule has 92 valence electrons. The van der Waals surface area contributed by atoms with Gasteiger partial charge in [-0.2, -0.15) is 0 Å². The molecule has 1 aromatic carbocycles. The van der Waals surface area contributed by atoms with E-state index in [1.807, 2.05) is 6.07 Å². The predicted molar refractivity (Wildman–Crippen MR) is 63.5 cm³/mol. The number of hydrogen-bond donors (Lipinski definition) is 3. The van der Waals surface area contributed by atoms with Crippen molar-refractivity contribution in [1.82, 2.24) is 0 Å². The van der Waals surface area contributed by atoms with Crippen molar-refractivity contribution in [3.63, 3.8) is 0 Å². The second kappa shape index (κ2) is 6.00. The summed E-state index contributed by atoms with van der Waals surface area (Å²) in [5, 5.41) is 8.61. The maximum atomic E-state index is 10.9. The van der Waals surface area contributed by atoms with Crippen LogP contribution in [-0.4, -0.2) is 23.0 Å². The van der Waals surface area contributed by atoms with Crippen molar-refractivity contribution in [2.24, 2.45) is 11.5 Å². The van der Waals surface area contributed by atoms with Gasteiger partial charge in [0.2, 0.25) is 5.91 Å². The first-order valence-corrected chi connectivity index (χ1v) is 5.38. The number of benzene rings is 1. The topological polar surface area (TPSA) is 106 Å². The Bertz CT molecular complexity index is 418. The van der Waals surface area contributed by atoms with E-state index in [1.54, 1.807) is 18.2 Å². The van der Waals surface area contributed by atoms with Gasteiger partial charge in [-0.3, -0.25) is 9.59 Å². The fourth-order valence-electron chi connectivity index (χ4n) is 1.53. The van der Waals surface area contributed by atoms with Gasteiger partial charge in [0, 0.05) is 5.56 Å². The van der Waals surface area contributed by atoms with Gasteiger partial charge in [-0.15, -0.1) is 0 Å². The number of carbonyl (C=O) groups excluding carboxylic acids is 1. The minimum Gasteiger partial charge on any atom is -0.480 e. The number of hydrogen-bond acceptors (Lipinski definition) is 3. The highest BCUT2D eigenvalue weighted by Crippen LogP contribution is 2.09. The van der Waals surface area contributed by atoms with Crippen molar-refractivity contribution in [3.05, 3.63) is 35.4 Å². The number of aliphatic carboxylic acids is 1. The Hall–Kier alpha value is -1.88. The molecule has 0 bridgehead atoms. The molecular formula is C12H16N2O3. The van der Waals surface area contributed by atoms with E-state index >= 15 is 0 Å². The second-order valence-electron chi connectivity index (χ2n) is 3.90. The fraction of sp³-hybridized carbons (Fsp3) is 0.333. The summed E-state index contributed by atoms with van der Waals surface area (Å²) in [5.74, 6) is -1.45. The molecule has 0 spiro atoms. The summed E-state index contributed by atoms with van der Waals surface area (Å²) in [5.41, 5.74) is 12.0. The lowest BCUT2D eigenvalue weighted by Gasteiger charge is -2.06.